The first-order valence-corrected chi connectivity index (χ1v) is 6.78. The molecule has 0 saturated heterocycles. The van der Waals surface area contributed by atoms with Gasteiger partial charge in [-0.1, -0.05) is 18.5 Å². The monoisotopic (exact) mass is 294 g/mol. The molecule has 0 saturated carbocycles. The summed E-state index contributed by atoms with van der Waals surface area (Å²) in [4.78, 5) is 8.79. The van der Waals surface area contributed by atoms with Crippen molar-refractivity contribution in [3.8, 4) is 0 Å². The maximum Gasteiger partial charge on any atom is 0.141 e. The molecule has 0 unspecified atom stereocenters. The number of rotatable bonds is 5. The first kappa shape index (κ1) is 14.5. The van der Waals surface area contributed by atoms with E-state index in [1.807, 2.05) is 0 Å². The van der Waals surface area contributed by atoms with Crippen molar-refractivity contribution >= 4 is 28.9 Å². The van der Waals surface area contributed by atoms with E-state index in [2.05, 4.69) is 27.5 Å². The van der Waals surface area contributed by atoms with Gasteiger partial charge in [-0.05, 0) is 24.6 Å². The average molecular weight is 295 g/mol. The van der Waals surface area contributed by atoms with Gasteiger partial charge in [-0.3, -0.25) is 0 Å². The second-order valence-corrected chi connectivity index (χ2v) is 4.72. The number of benzene rings is 1. The molecule has 0 atom stereocenters. The maximum absolute atomic E-state index is 13.1. The molecule has 20 heavy (non-hydrogen) atoms. The third kappa shape index (κ3) is 3.57. The van der Waals surface area contributed by atoms with E-state index in [4.69, 9.17) is 11.6 Å². The van der Waals surface area contributed by atoms with Gasteiger partial charge in [0, 0.05) is 25.2 Å². The van der Waals surface area contributed by atoms with Crippen molar-refractivity contribution in [2.24, 2.45) is 0 Å². The van der Waals surface area contributed by atoms with Crippen molar-refractivity contribution in [2.75, 3.05) is 17.7 Å². The maximum atomic E-state index is 13.1. The summed E-state index contributed by atoms with van der Waals surface area (Å²) in [6.45, 7) is 2.07. The molecule has 0 amide bonds. The quantitative estimate of drug-likeness (QED) is 0.875. The number of nitrogens with zero attached hydrogens (tertiary/aromatic N) is 2. The van der Waals surface area contributed by atoms with Gasteiger partial charge in [-0.15, -0.1) is 0 Å². The van der Waals surface area contributed by atoms with E-state index in [0.29, 0.717) is 11.5 Å². The Morgan fingerprint density at radius 2 is 1.95 bits per heavy atom. The Balaban J connectivity index is 2.27. The van der Waals surface area contributed by atoms with Crippen LogP contribution in [0.4, 0.5) is 21.7 Å². The predicted molar refractivity (Wildman–Crippen MR) is 80.3 cm³/mol. The molecule has 0 bridgehead atoms. The normalized spacial score (nSPS) is 10.4. The van der Waals surface area contributed by atoms with Gasteiger partial charge in [0.05, 0.1) is 5.02 Å². The Hall–Kier alpha value is -1.88. The van der Waals surface area contributed by atoms with Gasteiger partial charge >= 0.3 is 0 Å². The molecule has 0 spiro atoms. The Kier molecular flexibility index (Phi) is 4.74. The summed E-state index contributed by atoms with van der Waals surface area (Å²) in [6.07, 6.45) is 1.77. The van der Waals surface area contributed by atoms with Gasteiger partial charge in [-0.25, -0.2) is 14.4 Å². The lowest BCUT2D eigenvalue weighted by Crippen LogP contribution is -2.03. The fraction of sp³-hybridized carbons (Fsp3) is 0.286. The van der Waals surface area contributed by atoms with Gasteiger partial charge in [0.1, 0.15) is 23.3 Å². The van der Waals surface area contributed by atoms with Crippen LogP contribution in [0.5, 0.6) is 0 Å². The summed E-state index contributed by atoms with van der Waals surface area (Å²) < 4.78 is 13.1. The van der Waals surface area contributed by atoms with Crippen LogP contribution in [-0.4, -0.2) is 17.0 Å². The molecule has 2 rings (SSSR count). The second-order valence-electron chi connectivity index (χ2n) is 4.31. The van der Waals surface area contributed by atoms with Crippen LogP contribution >= 0.6 is 11.6 Å². The van der Waals surface area contributed by atoms with Crippen LogP contribution < -0.4 is 10.6 Å². The standard InChI is InChI=1S/C14H16ClFN4/c1-3-4-12-19-13(17-2)8-14(20-12)18-9-5-6-11(16)10(15)7-9/h5-8H,3-4H2,1-2H3,(H2,17,18,19,20). The van der Waals surface area contributed by atoms with Crippen LogP contribution in [0.15, 0.2) is 24.3 Å². The summed E-state index contributed by atoms with van der Waals surface area (Å²) in [5, 5.41) is 6.17. The fourth-order valence-corrected chi connectivity index (χ4v) is 1.93. The fourth-order valence-electron chi connectivity index (χ4n) is 1.75. The van der Waals surface area contributed by atoms with E-state index in [1.54, 1.807) is 19.2 Å². The predicted octanol–water partition coefficient (Wildman–Crippen LogP) is 4.01. The largest absolute Gasteiger partial charge is 0.373 e. The minimum atomic E-state index is -0.442. The van der Waals surface area contributed by atoms with Gasteiger partial charge in [0.2, 0.25) is 0 Å². The van der Waals surface area contributed by atoms with E-state index < -0.39 is 5.82 Å². The van der Waals surface area contributed by atoms with Gasteiger partial charge < -0.3 is 10.6 Å². The van der Waals surface area contributed by atoms with Crippen LogP contribution in [-0.2, 0) is 6.42 Å². The second kappa shape index (κ2) is 6.52. The number of aromatic nitrogens is 2. The molecule has 2 N–H and O–H groups in total. The van der Waals surface area contributed by atoms with E-state index in [9.17, 15) is 4.39 Å². The van der Waals surface area contributed by atoms with Crippen LogP contribution in [0, 0.1) is 5.82 Å². The molecular weight excluding hydrogens is 279 g/mol. The third-order valence-electron chi connectivity index (χ3n) is 2.69. The topological polar surface area (TPSA) is 49.8 Å². The lowest BCUT2D eigenvalue weighted by molar-refractivity contribution is 0.628. The molecule has 0 aliphatic carbocycles. The van der Waals surface area contributed by atoms with Crippen molar-refractivity contribution in [1.82, 2.24) is 9.97 Å². The Labute approximate surface area is 122 Å². The molecule has 1 heterocycles. The summed E-state index contributed by atoms with van der Waals surface area (Å²) in [5.41, 5.74) is 0.680. The Bertz CT molecular complexity index is 604. The lowest BCUT2D eigenvalue weighted by Gasteiger charge is -2.10. The highest BCUT2D eigenvalue weighted by Crippen LogP contribution is 2.23. The third-order valence-corrected chi connectivity index (χ3v) is 2.98. The summed E-state index contributed by atoms with van der Waals surface area (Å²) in [6, 6.07) is 6.24. The molecule has 106 valence electrons. The van der Waals surface area contributed by atoms with Crippen molar-refractivity contribution in [1.29, 1.82) is 0 Å². The minimum absolute atomic E-state index is 0.0756. The number of hydrogen-bond acceptors (Lipinski definition) is 4. The molecule has 2 aromatic rings. The smallest absolute Gasteiger partial charge is 0.141 e. The van der Waals surface area contributed by atoms with Gasteiger partial charge in [-0.2, -0.15) is 0 Å². The molecule has 0 aliphatic heterocycles. The zero-order valence-corrected chi connectivity index (χ0v) is 12.1. The van der Waals surface area contributed by atoms with Crippen LogP contribution in [0.25, 0.3) is 0 Å². The SMILES string of the molecule is CCCc1nc(NC)cc(Nc2ccc(F)c(Cl)c2)n1. The van der Waals surface area contributed by atoms with Crippen molar-refractivity contribution in [3.63, 3.8) is 0 Å². The number of anilines is 3. The number of halogens is 2. The van der Waals surface area contributed by atoms with Crippen LogP contribution in [0.1, 0.15) is 19.2 Å². The zero-order valence-electron chi connectivity index (χ0n) is 11.4. The van der Waals surface area contributed by atoms with E-state index >= 15 is 0 Å². The molecule has 1 aromatic heterocycles. The highest BCUT2D eigenvalue weighted by Gasteiger charge is 2.05. The van der Waals surface area contributed by atoms with E-state index in [1.165, 1.54) is 12.1 Å². The highest BCUT2D eigenvalue weighted by atomic mass is 35.5. The number of hydrogen-bond donors (Lipinski definition) is 2. The van der Waals surface area contributed by atoms with Gasteiger partial charge in [0.15, 0.2) is 0 Å². The lowest BCUT2D eigenvalue weighted by atomic mass is 10.3. The first-order valence-electron chi connectivity index (χ1n) is 6.40. The van der Waals surface area contributed by atoms with Crippen LogP contribution in [0.3, 0.4) is 0 Å². The van der Waals surface area contributed by atoms with Gasteiger partial charge in [0.25, 0.3) is 0 Å². The van der Waals surface area contributed by atoms with Crippen LogP contribution in [0.2, 0.25) is 5.02 Å². The zero-order chi connectivity index (χ0) is 14.5. The molecule has 1 aromatic carbocycles. The number of nitrogens with one attached hydrogen (secondary N) is 2. The molecule has 4 nitrogen and oxygen atoms in total. The summed E-state index contributed by atoms with van der Waals surface area (Å²) >= 11 is 5.76. The van der Waals surface area contributed by atoms with Crippen molar-refractivity contribution in [3.05, 3.63) is 40.9 Å². The molecule has 0 aliphatic rings. The first-order chi connectivity index (χ1) is 9.62. The van der Waals surface area contributed by atoms with E-state index in [-0.39, 0.29) is 5.02 Å². The van der Waals surface area contributed by atoms with E-state index in [0.717, 1.165) is 24.5 Å². The average Bonchev–Trinajstić information content (AvgIpc) is 2.43. The minimum Gasteiger partial charge on any atom is -0.373 e. The van der Waals surface area contributed by atoms with Crippen molar-refractivity contribution in [2.45, 2.75) is 19.8 Å². The highest BCUT2D eigenvalue weighted by molar-refractivity contribution is 6.31. The number of aryl methyl sites for hydroxylation is 1. The summed E-state index contributed by atoms with van der Waals surface area (Å²) in [7, 11) is 1.80. The summed E-state index contributed by atoms with van der Waals surface area (Å²) in [5.74, 6) is 1.70. The molecule has 0 fully saturated rings. The molecular formula is C14H16ClFN4. The Morgan fingerprint density at radius 3 is 2.60 bits per heavy atom. The molecule has 0 radical (unpaired) electrons. The molecule has 6 heteroatoms. The Morgan fingerprint density at radius 1 is 1.20 bits per heavy atom. The van der Waals surface area contributed by atoms with Crippen molar-refractivity contribution < 1.29 is 4.39 Å².